The SMILES string of the molecule is COc1ccc(S(=O)(=O)NCc2ccsc2)cc1CN. The summed E-state index contributed by atoms with van der Waals surface area (Å²) in [4.78, 5) is 0.189. The molecule has 2 rings (SSSR count). The first-order chi connectivity index (χ1) is 9.56. The van der Waals surface area contributed by atoms with Crippen LogP contribution in [-0.4, -0.2) is 15.5 Å². The topological polar surface area (TPSA) is 81.4 Å². The Kier molecular flexibility index (Phi) is 4.77. The van der Waals surface area contributed by atoms with Crippen LogP contribution in [0.3, 0.4) is 0 Å². The van der Waals surface area contributed by atoms with E-state index in [1.807, 2.05) is 16.8 Å². The number of methoxy groups -OCH3 is 1. The third-order valence-electron chi connectivity index (χ3n) is 2.83. The second kappa shape index (κ2) is 6.36. The number of hydrogen-bond donors (Lipinski definition) is 2. The molecule has 7 heteroatoms. The van der Waals surface area contributed by atoms with Crippen molar-refractivity contribution in [3.8, 4) is 5.75 Å². The molecule has 108 valence electrons. The summed E-state index contributed by atoms with van der Waals surface area (Å²) < 4.78 is 32.1. The molecule has 0 fully saturated rings. The van der Waals surface area contributed by atoms with E-state index < -0.39 is 10.0 Å². The highest BCUT2D eigenvalue weighted by atomic mass is 32.2. The number of thiophene rings is 1. The molecule has 0 bridgehead atoms. The zero-order valence-electron chi connectivity index (χ0n) is 11.0. The van der Waals surface area contributed by atoms with Gasteiger partial charge in [-0.05, 0) is 40.6 Å². The summed E-state index contributed by atoms with van der Waals surface area (Å²) in [7, 11) is -2.03. The van der Waals surface area contributed by atoms with Crippen LogP contribution < -0.4 is 15.2 Å². The fraction of sp³-hybridized carbons (Fsp3) is 0.231. The summed E-state index contributed by atoms with van der Waals surface area (Å²) >= 11 is 1.53. The van der Waals surface area contributed by atoms with Crippen LogP contribution in [0.2, 0.25) is 0 Å². The van der Waals surface area contributed by atoms with Crippen LogP contribution in [-0.2, 0) is 23.1 Å². The van der Waals surface area contributed by atoms with Crippen molar-refractivity contribution in [2.45, 2.75) is 18.0 Å². The number of nitrogens with two attached hydrogens (primary N) is 1. The highest BCUT2D eigenvalue weighted by Gasteiger charge is 2.15. The molecule has 3 N–H and O–H groups in total. The van der Waals surface area contributed by atoms with Crippen molar-refractivity contribution in [1.29, 1.82) is 0 Å². The molecule has 5 nitrogen and oxygen atoms in total. The van der Waals surface area contributed by atoms with Crippen molar-refractivity contribution < 1.29 is 13.2 Å². The minimum absolute atomic E-state index is 0.189. The first-order valence-corrected chi connectivity index (χ1v) is 8.37. The largest absolute Gasteiger partial charge is 0.496 e. The van der Waals surface area contributed by atoms with Gasteiger partial charge in [0.2, 0.25) is 10.0 Å². The fourth-order valence-corrected chi connectivity index (χ4v) is 3.47. The summed E-state index contributed by atoms with van der Waals surface area (Å²) in [5, 5.41) is 3.81. The van der Waals surface area contributed by atoms with E-state index in [0.29, 0.717) is 11.3 Å². The van der Waals surface area contributed by atoms with Crippen LogP contribution in [0.1, 0.15) is 11.1 Å². The van der Waals surface area contributed by atoms with Gasteiger partial charge in [0.25, 0.3) is 0 Å². The van der Waals surface area contributed by atoms with Crippen molar-refractivity contribution in [3.05, 3.63) is 46.2 Å². The van der Waals surface area contributed by atoms with E-state index in [-0.39, 0.29) is 18.0 Å². The Morgan fingerprint density at radius 3 is 2.75 bits per heavy atom. The van der Waals surface area contributed by atoms with E-state index in [2.05, 4.69) is 4.72 Å². The summed E-state index contributed by atoms with van der Waals surface area (Å²) in [6.45, 7) is 0.493. The van der Waals surface area contributed by atoms with Gasteiger partial charge in [-0.3, -0.25) is 0 Å². The molecule has 0 radical (unpaired) electrons. The minimum Gasteiger partial charge on any atom is -0.496 e. The van der Waals surface area contributed by atoms with Crippen LogP contribution in [0, 0.1) is 0 Å². The molecular formula is C13H16N2O3S2. The van der Waals surface area contributed by atoms with Gasteiger partial charge in [0, 0.05) is 18.7 Å². The molecule has 0 atom stereocenters. The Balaban J connectivity index is 2.20. The molecule has 0 aliphatic carbocycles. The van der Waals surface area contributed by atoms with Crippen LogP contribution in [0.15, 0.2) is 39.9 Å². The number of hydrogen-bond acceptors (Lipinski definition) is 5. The molecule has 0 saturated heterocycles. The Bertz CT molecular complexity index is 667. The van der Waals surface area contributed by atoms with Gasteiger partial charge in [0.1, 0.15) is 5.75 Å². The van der Waals surface area contributed by atoms with E-state index in [0.717, 1.165) is 5.56 Å². The van der Waals surface area contributed by atoms with E-state index in [4.69, 9.17) is 10.5 Å². The lowest BCUT2D eigenvalue weighted by atomic mass is 10.2. The van der Waals surface area contributed by atoms with E-state index >= 15 is 0 Å². The Labute approximate surface area is 122 Å². The molecule has 1 aromatic heterocycles. The lowest BCUT2D eigenvalue weighted by molar-refractivity contribution is 0.409. The number of nitrogens with one attached hydrogen (secondary N) is 1. The molecule has 1 heterocycles. The van der Waals surface area contributed by atoms with Crippen LogP contribution in [0.25, 0.3) is 0 Å². The number of rotatable bonds is 6. The van der Waals surface area contributed by atoms with Gasteiger partial charge in [-0.25, -0.2) is 13.1 Å². The first kappa shape index (κ1) is 15.0. The average molecular weight is 312 g/mol. The van der Waals surface area contributed by atoms with Gasteiger partial charge in [-0.1, -0.05) is 0 Å². The second-order valence-electron chi connectivity index (χ2n) is 4.13. The van der Waals surface area contributed by atoms with Crippen LogP contribution >= 0.6 is 11.3 Å². The summed E-state index contributed by atoms with van der Waals surface area (Å²) in [6.07, 6.45) is 0. The molecule has 0 saturated carbocycles. The quantitative estimate of drug-likeness (QED) is 0.850. The maximum absolute atomic E-state index is 12.2. The maximum Gasteiger partial charge on any atom is 0.240 e. The Morgan fingerprint density at radius 2 is 2.15 bits per heavy atom. The summed E-state index contributed by atoms with van der Waals surface area (Å²) in [6, 6.07) is 6.54. The molecular weight excluding hydrogens is 296 g/mol. The minimum atomic E-state index is -3.55. The third kappa shape index (κ3) is 3.37. The average Bonchev–Trinajstić information content (AvgIpc) is 2.97. The normalized spacial score (nSPS) is 11.5. The van der Waals surface area contributed by atoms with E-state index in [1.54, 1.807) is 6.07 Å². The molecule has 0 aliphatic heterocycles. The maximum atomic E-state index is 12.2. The van der Waals surface area contributed by atoms with Gasteiger partial charge in [0.15, 0.2) is 0 Å². The third-order valence-corrected chi connectivity index (χ3v) is 4.96. The van der Waals surface area contributed by atoms with Crippen molar-refractivity contribution in [1.82, 2.24) is 4.72 Å². The monoisotopic (exact) mass is 312 g/mol. The zero-order valence-corrected chi connectivity index (χ0v) is 12.6. The van der Waals surface area contributed by atoms with E-state index in [1.165, 1.54) is 30.6 Å². The molecule has 0 amide bonds. The predicted molar refractivity (Wildman–Crippen MR) is 79.2 cm³/mol. The second-order valence-corrected chi connectivity index (χ2v) is 6.68. The van der Waals surface area contributed by atoms with Crippen LogP contribution in [0.5, 0.6) is 5.75 Å². The first-order valence-electron chi connectivity index (χ1n) is 5.94. The molecule has 20 heavy (non-hydrogen) atoms. The summed E-state index contributed by atoms with van der Waals surface area (Å²) in [5.41, 5.74) is 7.19. The van der Waals surface area contributed by atoms with E-state index in [9.17, 15) is 8.42 Å². The number of ether oxygens (including phenoxy) is 1. The Hall–Kier alpha value is -1.41. The lowest BCUT2D eigenvalue weighted by Crippen LogP contribution is -2.23. The fourth-order valence-electron chi connectivity index (χ4n) is 1.74. The standard InChI is InChI=1S/C13H16N2O3S2/c1-18-13-3-2-12(6-11(13)7-14)20(16,17)15-8-10-4-5-19-9-10/h2-6,9,15H,7-8,14H2,1H3. The Morgan fingerprint density at radius 1 is 1.35 bits per heavy atom. The van der Waals surface area contributed by atoms with Gasteiger partial charge in [-0.2, -0.15) is 11.3 Å². The van der Waals surface area contributed by atoms with Crippen molar-refractivity contribution >= 4 is 21.4 Å². The lowest BCUT2D eigenvalue weighted by Gasteiger charge is -2.10. The molecule has 0 aliphatic rings. The zero-order chi connectivity index (χ0) is 14.6. The van der Waals surface area contributed by atoms with Crippen molar-refractivity contribution in [2.24, 2.45) is 5.73 Å². The molecule has 2 aromatic rings. The van der Waals surface area contributed by atoms with Crippen molar-refractivity contribution in [3.63, 3.8) is 0 Å². The van der Waals surface area contributed by atoms with Gasteiger partial charge in [0.05, 0.1) is 12.0 Å². The molecule has 1 aromatic carbocycles. The predicted octanol–water partition coefficient (Wildman–Crippen LogP) is 1.69. The highest BCUT2D eigenvalue weighted by molar-refractivity contribution is 7.89. The number of benzene rings is 1. The highest BCUT2D eigenvalue weighted by Crippen LogP contribution is 2.22. The molecule has 0 spiro atoms. The van der Waals surface area contributed by atoms with Gasteiger partial charge >= 0.3 is 0 Å². The van der Waals surface area contributed by atoms with Gasteiger partial charge < -0.3 is 10.5 Å². The molecule has 0 unspecified atom stereocenters. The smallest absolute Gasteiger partial charge is 0.240 e. The summed E-state index contributed by atoms with van der Waals surface area (Å²) in [5.74, 6) is 0.587. The van der Waals surface area contributed by atoms with Crippen molar-refractivity contribution in [2.75, 3.05) is 7.11 Å². The van der Waals surface area contributed by atoms with Gasteiger partial charge in [-0.15, -0.1) is 0 Å². The van der Waals surface area contributed by atoms with Crippen LogP contribution in [0.4, 0.5) is 0 Å². The number of sulfonamides is 1.